The summed E-state index contributed by atoms with van der Waals surface area (Å²) in [5.74, 6) is -2.19. The zero-order chi connectivity index (χ0) is 26.2. The Morgan fingerprint density at radius 3 is 1.51 bits per heavy atom. The minimum Gasteiger partial charge on any atom is -0.744 e. The monoisotopic (exact) mass is 911 g/mol. The predicted molar refractivity (Wildman–Crippen MR) is 155 cm³/mol. The lowest BCUT2D eigenvalue weighted by Crippen LogP contribution is -2.19. The first-order chi connectivity index (χ1) is 16.2. The molecule has 0 aliphatic carbocycles. The average molecular weight is 913 g/mol. The summed E-state index contributed by atoms with van der Waals surface area (Å²) in [6.07, 6.45) is 0. The van der Waals surface area contributed by atoms with Gasteiger partial charge in [0.25, 0.3) is 0 Å². The summed E-state index contributed by atoms with van der Waals surface area (Å²) in [4.78, 5) is 25.7. The van der Waals surface area contributed by atoms with E-state index in [-0.39, 0.29) is 33.7 Å². The van der Waals surface area contributed by atoms with E-state index in [1.165, 1.54) is 12.1 Å². The molecule has 3 aromatic rings. The second-order valence-electron chi connectivity index (χ2n) is 6.41. The summed E-state index contributed by atoms with van der Waals surface area (Å²) in [6, 6.07) is 8.75. The lowest BCUT2D eigenvalue weighted by molar-refractivity contribution is 0.0692. The highest BCUT2D eigenvalue weighted by molar-refractivity contribution is 14.1. The molecule has 3 rings (SSSR count). The van der Waals surface area contributed by atoms with Crippen molar-refractivity contribution in [2.75, 3.05) is 0 Å². The number of rotatable bonds is 5. The number of esters is 2. The first-order valence-electron chi connectivity index (χ1n) is 8.73. The number of ether oxygens (including phenoxy) is 2. The number of carbonyl (C=O) groups excluding carboxylic acids is 2. The van der Waals surface area contributed by atoms with E-state index in [1.807, 2.05) is 0 Å². The minimum atomic E-state index is -4.77. The van der Waals surface area contributed by atoms with E-state index in [0.29, 0.717) is 0 Å². The van der Waals surface area contributed by atoms with Crippen LogP contribution in [0.5, 0.6) is 11.5 Å². The molecule has 184 valence electrons. The van der Waals surface area contributed by atoms with Crippen molar-refractivity contribution in [1.29, 1.82) is 0 Å². The van der Waals surface area contributed by atoms with Crippen LogP contribution in [0.4, 0.5) is 0 Å². The Bertz CT molecular complexity index is 1460. The van der Waals surface area contributed by atoms with Crippen LogP contribution in [-0.2, 0) is 10.1 Å². The van der Waals surface area contributed by atoms with Gasteiger partial charge in [-0.2, -0.15) is 0 Å². The lowest BCUT2D eigenvalue weighted by Gasteiger charge is -2.16. The highest BCUT2D eigenvalue weighted by atomic mass is 127. The fourth-order valence-electron chi connectivity index (χ4n) is 2.67. The maximum absolute atomic E-state index is 13.1. The van der Waals surface area contributed by atoms with Crippen molar-refractivity contribution in [2.45, 2.75) is 4.90 Å². The van der Waals surface area contributed by atoms with E-state index in [9.17, 15) is 22.6 Å². The molecule has 0 saturated carbocycles. The molecule has 0 unspecified atom stereocenters. The molecule has 0 N–H and O–H groups in total. The van der Waals surface area contributed by atoms with Crippen molar-refractivity contribution in [2.24, 2.45) is 0 Å². The third-order valence-electron chi connectivity index (χ3n) is 4.13. The molecular formula is C20H6Cl4I3O7S-. The van der Waals surface area contributed by atoms with Gasteiger partial charge in [0.05, 0.1) is 36.1 Å². The fraction of sp³-hybridized carbons (Fsp3) is 0. The molecule has 0 aliphatic heterocycles. The Balaban J connectivity index is 2.08. The van der Waals surface area contributed by atoms with Gasteiger partial charge in [0.2, 0.25) is 0 Å². The van der Waals surface area contributed by atoms with Crippen molar-refractivity contribution in [3.8, 4) is 11.5 Å². The predicted octanol–water partition coefficient (Wildman–Crippen LogP) is 7.46. The highest BCUT2D eigenvalue weighted by Gasteiger charge is 2.32. The Labute approximate surface area is 259 Å². The standard InChI is InChI=1S/C20H7Cl4I3O7S/c21-14-12(19(28)33-8-3-1-7(25)2-4-8)13(15(22)17(24)16(14)23)20(29)34-9-5-10(26)18(11(27)6-9)35(30,31)32/h1-6H,(H,30,31,32)/p-1. The maximum atomic E-state index is 13.1. The summed E-state index contributed by atoms with van der Waals surface area (Å²) in [5.41, 5.74) is -1.01. The normalized spacial score (nSPS) is 11.3. The van der Waals surface area contributed by atoms with E-state index >= 15 is 0 Å². The molecule has 0 bridgehead atoms. The van der Waals surface area contributed by atoms with E-state index in [4.69, 9.17) is 55.9 Å². The van der Waals surface area contributed by atoms with Crippen molar-refractivity contribution < 1.29 is 32.0 Å². The second kappa shape index (κ2) is 11.7. The molecular weight excluding hydrogens is 907 g/mol. The largest absolute Gasteiger partial charge is 0.744 e. The van der Waals surface area contributed by atoms with E-state index < -0.39 is 43.1 Å². The Morgan fingerprint density at radius 1 is 0.714 bits per heavy atom. The average Bonchev–Trinajstić information content (AvgIpc) is 2.74. The van der Waals surface area contributed by atoms with Gasteiger partial charge in [-0.25, -0.2) is 18.0 Å². The third-order valence-corrected chi connectivity index (χ3v) is 10.0. The van der Waals surface area contributed by atoms with Gasteiger partial charge in [-0.05, 0) is 104 Å². The third kappa shape index (κ3) is 6.66. The van der Waals surface area contributed by atoms with Gasteiger partial charge in [0.1, 0.15) is 21.6 Å². The molecule has 35 heavy (non-hydrogen) atoms. The van der Waals surface area contributed by atoms with Crippen LogP contribution in [0.3, 0.4) is 0 Å². The summed E-state index contributed by atoms with van der Waals surface area (Å²) in [6.45, 7) is 0. The van der Waals surface area contributed by atoms with Crippen LogP contribution in [0.15, 0.2) is 41.3 Å². The number of hydrogen-bond donors (Lipinski definition) is 0. The van der Waals surface area contributed by atoms with Crippen molar-refractivity contribution in [1.82, 2.24) is 0 Å². The quantitative estimate of drug-likeness (QED) is 0.0654. The molecule has 0 aliphatic rings. The molecule has 0 aromatic heterocycles. The van der Waals surface area contributed by atoms with Gasteiger partial charge < -0.3 is 14.0 Å². The summed E-state index contributed by atoms with van der Waals surface area (Å²) < 4.78 is 46.0. The first kappa shape index (κ1) is 29.4. The maximum Gasteiger partial charge on any atom is 0.346 e. The van der Waals surface area contributed by atoms with Crippen LogP contribution in [0, 0.1) is 10.7 Å². The van der Waals surface area contributed by atoms with Crippen LogP contribution < -0.4 is 9.47 Å². The molecule has 0 radical (unpaired) electrons. The zero-order valence-corrected chi connectivity index (χ0v) is 26.7. The Morgan fingerprint density at radius 2 is 1.11 bits per heavy atom. The van der Waals surface area contributed by atoms with Gasteiger partial charge in [-0.15, -0.1) is 0 Å². The van der Waals surface area contributed by atoms with Gasteiger partial charge in [-0.1, -0.05) is 46.4 Å². The molecule has 0 heterocycles. The minimum absolute atomic E-state index is 0.0175. The molecule has 0 saturated heterocycles. The van der Waals surface area contributed by atoms with Crippen LogP contribution in [0.25, 0.3) is 0 Å². The van der Waals surface area contributed by atoms with Crippen LogP contribution in [0.2, 0.25) is 20.1 Å². The van der Waals surface area contributed by atoms with Gasteiger partial charge in [-0.3, -0.25) is 0 Å². The van der Waals surface area contributed by atoms with E-state index in [2.05, 4.69) is 22.6 Å². The number of halogens is 7. The van der Waals surface area contributed by atoms with Crippen LogP contribution in [-0.4, -0.2) is 24.9 Å². The SMILES string of the molecule is O=C(Oc1ccc(I)cc1)c1c(Cl)c(Cl)c(Cl)c(Cl)c1C(=O)Oc1cc(I)c(S(=O)(=O)[O-])c(I)c1. The van der Waals surface area contributed by atoms with Crippen LogP contribution in [0.1, 0.15) is 20.7 Å². The summed E-state index contributed by atoms with van der Waals surface area (Å²) in [5, 5.41) is -1.38. The van der Waals surface area contributed by atoms with Crippen molar-refractivity contribution in [3.05, 3.63) is 78.3 Å². The van der Waals surface area contributed by atoms with Gasteiger partial charge in [0, 0.05) is 10.7 Å². The lowest BCUT2D eigenvalue weighted by atomic mass is 10.1. The van der Waals surface area contributed by atoms with Crippen molar-refractivity contribution in [3.63, 3.8) is 0 Å². The molecule has 0 amide bonds. The topological polar surface area (TPSA) is 110 Å². The number of carbonyl (C=O) groups is 2. The molecule has 7 nitrogen and oxygen atoms in total. The van der Waals surface area contributed by atoms with Crippen molar-refractivity contribution >= 4 is 136 Å². The number of hydrogen-bond acceptors (Lipinski definition) is 7. The molecule has 0 fully saturated rings. The summed E-state index contributed by atoms with van der Waals surface area (Å²) in [7, 11) is -4.77. The highest BCUT2D eigenvalue weighted by Crippen LogP contribution is 2.42. The molecule has 0 spiro atoms. The Kier molecular flexibility index (Phi) is 9.85. The first-order valence-corrected chi connectivity index (χ1v) is 14.9. The van der Waals surface area contributed by atoms with E-state index in [1.54, 1.807) is 57.3 Å². The second-order valence-corrected chi connectivity index (χ2v) is 12.8. The zero-order valence-electron chi connectivity index (χ0n) is 16.4. The summed E-state index contributed by atoms with van der Waals surface area (Å²) >= 11 is 30.0. The fourth-order valence-corrected chi connectivity index (χ4v) is 7.96. The molecule has 3 aromatic carbocycles. The van der Waals surface area contributed by atoms with E-state index in [0.717, 1.165) is 15.7 Å². The van der Waals surface area contributed by atoms with Gasteiger partial charge >= 0.3 is 11.9 Å². The Hall–Kier alpha value is -0.140. The van der Waals surface area contributed by atoms with Gasteiger partial charge in [0.15, 0.2) is 0 Å². The molecule has 15 heteroatoms. The smallest absolute Gasteiger partial charge is 0.346 e. The van der Waals surface area contributed by atoms with Crippen LogP contribution >= 0.6 is 114 Å². The number of benzene rings is 3. The molecule has 0 atom stereocenters.